The van der Waals surface area contributed by atoms with Crippen molar-refractivity contribution in [1.82, 2.24) is 49.4 Å². The van der Waals surface area contributed by atoms with Crippen molar-refractivity contribution in [2.24, 2.45) is 11.8 Å². The highest BCUT2D eigenvalue weighted by molar-refractivity contribution is 8.09. The normalized spacial score (nSPS) is 21.3. The van der Waals surface area contributed by atoms with Gasteiger partial charge in [0.2, 0.25) is 5.95 Å². The molecule has 6 N–H and O–H groups in total. The maximum absolute atomic E-state index is 13.4. The van der Waals surface area contributed by atoms with Gasteiger partial charge in [0.15, 0.2) is 28.1 Å². The summed E-state index contributed by atoms with van der Waals surface area (Å²) < 4.78 is 30.3. The highest BCUT2D eigenvalue weighted by Gasteiger charge is 2.46. The first-order chi connectivity index (χ1) is 34.5. The van der Waals surface area contributed by atoms with Crippen molar-refractivity contribution in [3.8, 4) is 6.07 Å². The standard InChI is InChI=1S/C50H60N13O6PS/c1-32(2)25-52-45-43-46(55-29-54-45)62(30-56-43)42-24-38(39(27-64)68-42)61-70(71,66-22-14-21-51)67-28-40-37(23-41(69-40)63-31-57-44-47(63)58-49(59-48(44)65)53-26-33(3)4)60-50(34-15-8-5-9-16-34,35-17-10-6-11-18-35)36-19-12-7-13-20-36/h5-13,15-20,29-33,37-42,60,64H,14,22-28H2,1-4H3,(H,61,71)(H,52,54,55)(H2,53,58,59,65)/t37-,38-,39+,40+,41+,42+,70?/m0/s1. The fourth-order valence-corrected chi connectivity index (χ4v) is 11.6. The van der Waals surface area contributed by atoms with Crippen LogP contribution in [0.4, 0.5) is 11.8 Å². The molecule has 2 aliphatic rings. The van der Waals surface area contributed by atoms with Crippen LogP contribution in [-0.2, 0) is 35.9 Å². The zero-order valence-electron chi connectivity index (χ0n) is 40.1. The predicted molar refractivity (Wildman–Crippen MR) is 274 cm³/mol. The first kappa shape index (κ1) is 50.0. The number of ether oxygens (including phenoxy) is 2. The minimum absolute atomic E-state index is 0.000186. The fraction of sp³-hybridized carbons (Fsp3) is 0.420. The third-order valence-corrected chi connectivity index (χ3v) is 15.3. The maximum Gasteiger partial charge on any atom is 0.280 e. The lowest BCUT2D eigenvalue weighted by molar-refractivity contribution is -0.0265. The Hall–Kier alpha value is -5.98. The van der Waals surface area contributed by atoms with Crippen molar-refractivity contribution in [2.45, 2.75) is 89.2 Å². The Bertz CT molecular complexity index is 2930. The molecule has 372 valence electrons. The number of rotatable bonds is 22. The number of imidazole rings is 2. The molecule has 9 rings (SSSR count). The Balaban J connectivity index is 1.05. The minimum Gasteiger partial charge on any atom is -0.394 e. The molecule has 0 spiro atoms. The van der Waals surface area contributed by atoms with Crippen molar-refractivity contribution in [1.29, 1.82) is 5.26 Å². The van der Waals surface area contributed by atoms with E-state index in [1.54, 1.807) is 17.2 Å². The molecule has 0 amide bonds. The van der Waals surface area contributed by atoms with Gasteiger partial charge in [-0.1, -0.05) is 119 Å². The van der Waals surface area contributed by atoms with Crippen LogP contribution in [0.2, 0.25) is 0 Å². The highest BCUT2D eigenvalue weighted by atomic mass is 32.5. The molecule has 0 saturated carbocycles. The zero-order valence-corrected chi connectivity index (χ0v) is 41.8. The van der Waals surface area contributed by atoms with Crippen LogP contribution in [-0.4, -0.2) is 101 Å². The molecule has 0 aliphatic carbocycles. The van der Waals surface area contributed by atoms with Gasteiger partial charge in [0.05, 0.1) is 62.7 Å². The SMILES string of the molecule is CC(C)CNc1nc2c(ncn2[C@H]2C[C@H](NC(c3ccccc3)(c3ccccc3)c3ccccc3)[C@@H](COP(=S)(N[C@H]3C[C@H](n4cnc5c(NCC(C)C)ncnc54)O[C@@H]3CO)OCCC#N)O2)c(=O)[nH]1. The molecule has 1 unspecified atom stereocenters. The summed E-state index contributed by atoms with van der Waals surface area (Å²) in [6.07, 6.45) is 2.92. The van der Waals surface area contributed by atoms with E-state index in [2.05, 4.69) is 116 Å². The van der Waals surface area contributed by atoms with Crippen LogP contribution in [0.1, 0.15) is 76.1 Å². The van der Waals surface area contributed by atoms with Crippen molar-refractivity contribution >= 4 is 52.5 Å². The zero-order chi connectivity index (χ0) is 49.5. The molecule has 7 atom stereocenters. The maximum atomic E-state index is 13.4. The van der Waals surface area contributed by atoms with Crippen molar-refractivity contribution in [3.05, 3.63) is 137 Å². The number of nitrogens with one attached hydrogen (secondary N) is 5. The second-order valence-electron chi connectivity index (χ2n) is 18.6. The number of hydrogen-bond donors (Lipinski definition) is 6. The predicted octanol–water partition coefficient (Wildman–Crippen LogP) is 6.74. The number of anilines is 2. The lowest BCUT2D eigenvalue weighted by Gasteiger charge is -2.40. The molecule has 71 heavy (non-hydrogen) atoms. The third-order valence-electron chi connectivity index (χ3n) is 12.6. The number of fused-ring (bicyclic) bond motifs is 2. The number of aromatic nitrogens is 8. The van der Waals surface area contributed by atoms with Gasteiger partial charge in [-0.25, -0.2) is 25.0 Å². The number of benzene rings is 3. The van der Waals surface area contributed by atoms with Gasteiger partial charge in [-0.2, -0.15) is 10.2 Å². The molecular weight excluding hydrogens is 942 g/mol. The Morgan fingerprint density at radius 2 is 1.38 bits per heavy atom. The van der Waals surface area contributed by atoms with Gasteiger partial charge in [0.1, 0.15) is 18.8 Å². The van der Waals surface area contributed by atoms with Gasteiger partial charge in [0.25, 0.3) is 12.2 Å². The molecular formula is C50H60N13O6PS. The second kappa shape index (κ2) is 22.2. The molecule has 0 radical (unpaired) electrons. The summed E-state index contributed by atoms with van der Waals surface area (Å²) in [7, 11) is 0. The van der Waals surface area contributed by atoms with Crippen LogP contribution >= 0.6 is 6.64 Å². The summed E-state index contributed by atoms with van der Waals surface area (Å²) >= 11 is 6.31. The van der Waals surface area contributed by atoms with Gasteiger partial charge in [-0.3, -0.25) is 24.2 Å². The number of H-pyrrole nitrogens is 1. The molecule has 19 nitrogen and oxygen atoms in total. The van der Waals surface area contributed by atoms with E-state index < -0.39 is 48.9 Å². The minimum atomic E-state index is -3.49. The number of aromatic amines is 1. The monoisotopic (exact) mass is 1000 g/mol. The smallest absolute Gasteiger partial charge is 0.280 e. The Morgan fingerprint density at radius 1 is 0.803 bits per heavy atom. The lowest BCUT2D eigenvalue weighted by atomic mass is 9.76. The Morgan fingerprint density at radius 3 is 1.99 bits per heavy atom. The van der Waals surface area contributed by atoms with Crippen molar-refractivity contribution < 1.29 is 23.6 Å². The van der Waals surface area contributed by atoms with E-state index in [1.165, 1.54) is 6.33 Å². The van der Waals surface area contributed by atoms with Gasteiger partial charge in [-0.05, 0) is 40.3 Å². The van der Waals surface area contributed by atoms with E-state index in [9.17, 15) is 15.2 Å². The quantitative estimate of drug-likeness (QED) is 0.0234. The van der Waals surface area contributed by atoms with Gasteiger partial charge in [-0.15, -0.1) is 0 Å². The van der Waals surface area contributed by atoms with E-state index in [0.717, 1.165) is 16.7 Å². The number of hydrogen-bond acceptors (Lipinski definition) is 16. The molecule has 21 heteroatoms. The molecule has 0 bridgehead atoms. The topological polar surface area (TPSA) is 236 Å². The molecule has 7 aromatic rings. The van der Waals surface area contributed by atoms with Crippen LogP contribution in [0.15, 0.2) is 115 Å². The number of nitrogens with zero attached hydrogens (tertiary/aromatic N) is 8. The average molecular weight is 1000 g/mol. The first-order valence-corrected chi connectivity index (χ1v) is 26.6. The molecule has 4 aromatic heterocycles. The molecule has 2 aliphatic heterocycles. The van der Waals surface area contributed by atoms with Gasteiger partial charge in [0, 0.05) is 38.0 Å². The molecule has 3 aromatic carbocycles. The average Bonchev–Trinajstić information content (AvgIpc) is 4.20. The van der Waals surface area contributed by atoms with Crippen LogP contribution < -0.4 is 26.6 Å². The van der Waals surface area contributed by atoms with E-state index in [-0.39, 0.29) is 37.3 Å². The van der Waals surface area contributed by atoms with Crippen LogP contribution in [0, 0.1) is 23.2 Å². The number of aliphatic hydroxyl groups excluding tert-OH is 1. The lowest BCUT2D eigenvalue weighted by Crippen LogP contribution is -2.53. The summed E-state index contributed by atoms with van der Waals surface area (Å²) in [5, 5.41) is 34.5. The van der Waals surface area contributed by atoms with E-state index in [1.807, 2.05) is 59.2 Å². The fourth-order valence-electron chi connectivity index (χ4n) is 9.22. The second-order valence-corrected chi connectivity index (χ2v) is 21.8. The number of aliphatic hydroxyl groups is 1. The van der Waals surface area contributed by atoms with Gasteiger partial charge >= 0.3 is 0 Å². The Kier molecular flexibility index (Phi) is 15.6. The van der Waals surface area contributed by atoms with E-state index >= 15 is 0 Å². The van der Waals surface area contributed by atoms with Crippen molar-refractivity contribution in [3.63, 3.8) is 0 Å². The van der Waals surface area contributed by atoms with Crippen LogP contribution in [0.25, 0.3) is 22.3 Å². The van der Waals surface area contributed by atoms with Crippen molar-refractivity contribution in [2.75, 3.05) is 43.5 Å². The van der Waals surface area contributed by atoms with Gasteiger partial charge < -0.3 is 34.3 Å². The summed E-state index contributed by atoms with van der Waals surface area (Å²) in [6, 6.07) is 32.0. The van der Waals surface area contributed by atoms with Crippen LogP contribution in [0.3, 0.4) is 0 Å². The van der Waals surface area contributed by atoms with Crippen LogP contribution in [0.5, 0.6) is 0 Å². The molecule has 2 fully saturated rings. The van der Waals surface area contributed by atoms with E-state index in [0.29, 0.717) is 66.3 Å². The largest absolute Gasteiger partial charge is 0.394 e. The first-order valence-electron chi connectivity index (χ1n) is 24.0. The Labute approximate surface area is 417 Å². The molecule has 2 saturated heterocycles. The summed E-state index contributed by atoms with van der Waals surface area (Å²) in [5.74, 6) is 1.65. The summed E-state index contributed by atoms with van der Waals surface area (Å²) in [6.45, 7) is 5.81. The third kappa shape index (κ3) is 10.9. The summed E-state index contributed by atoms with van der Waals surface area (Å²) in [5.41, 5.74) is 3.45. The highest BCUT2D eigenvalue weighted by Crippen LogP contribution is 2.49. The summed E-state index contributed by atoms with van der Waals surface area (Å²) in [4.78, 5) is 39.2. The molecule has 6 heterocycles. The number of nitriles is 1. The van der Waals surface area contributed by atoms with E-state index in [4.69, 9.17) is 35.3 Å².